The minimum Gasteiger partial charge on any atom is -0.352 e. The fourth-order valence-electron chi connectivity index (χ4n) is 2.65. The number of carbonyl (C=O) groups is 1. The Kier molecular flexibility index (Phi) is 4.99. The maximum absolute atomic E-state index is 12.6. The van der Waals surface area contributed by atoms with Crippen molar-refractivity contribution in [1.82, 2.24) is 14.9 Å². The third-order valence-electron chi connectivity index (χ3n) is 4.35. The van der Waals surface area contributed by atoms with Gasteiger partial charge in [-0.2, -0.15) is 0 Å². The third-order valence-corrected chi connectivity index (χ3v) is 5.46. The van der Waals surface area contributed by atoms with Gasteiger partial charge in [-0.05, 0) is 31.9 Å². The van der Waals surface area contributed by atoms with Gasteiger partial charge in [0.25, 0.3) is 5.56 Å². The van der Waals surface area contributed by atoms with E-state index in [-0.39, 0.29) is 17.9 Å². The second-order valence-corrected chi connectivity index (χ2v) is 7.42. The van der Waals surface area contributed by atoms with E-state index in [0.717, 1.165) is 20.8 Å². The molecule has 0 saturated carbocycles. The molecule has 0 fully saturated rings. The number of thiophene rings is 1. The van der Waals surface area contributed by atoms with Crippen molar-refractivity contribution in [2.45, 2.75) is 40.3 Å². The van der Waals surface area contributed by atoms with Crippen LogP contribution in [-0.2, 0) is 17.9 Å². The van der Waals surface area contributed by atoms with Crippen LogP contribution >= 0.6 is 11.3 Å². The third kappa shape index (κ3) is 3.79. The molecule has 1 amide bonds. The number of nitrogens with one attached hydrogen (secondary N) is 1. The highest BCUT2D eigenvalue weighted by atomic mass is 32.1. The minimum atomic E-state index is -0.0780. The van der Waals surface area contributed by atoms with Gasteiger partial charge in [0.1, 0.15) is 4.83 Å². The van der Waals surface area contributed by atoms with E-state index in [4.69, 9.17) is 0 Å². The topological polar surface area (TPSA) is 64.0 Å². The summed E-state index contributed by atoms with van der Waals surface area (Å²) in [5, 5.41) is 3.56. The molecule has 25 heavy (non-hydrogen) atoms. The Balaban J connectivity index is 1.63. The van der Waals surface area contributed by atoms with Crippen molar-refractivity contribution in [3.8, 4) is 0 Å². The zero-order valence-electron chi connectivity index (χ0n) is 14.6. The molecule has 0 radical (unpaired) electrons. The number of aryl methyl sites for hydroxylation is 4. The van der Waals surface area contributed by atoms with E-state index in [1.165, 1.54) is 27.8 Å². The largest absolute Gasteiger partial charge is 0.352 e. The van der Waals surface area contributed by atoms with Crippen LogP contribution in [0, 0.1) is 20.8 Å². The standard InChI is InChI=1S/C19H21N3O2S/c1-12-4-6-15(7-5-12)10-20-16(23)8-9-22-11-21-18-17(19(22)24)13(2)14(3)25-18/h4-7,11H,8-10H2,1-3H3,(H,20,23). The van der Waals surface area contributed by atoms with Crippen LogP contribution in [0.25, 0.3) is 10.2 Å². The summed E-state index contributed by atoms with van der Waals surface area (Å²) in [6, 6.07) is 8.04. The Bertz CT molecular complexity index is 971. The Morgan fingerprint density at radius 3 is 2.64 bits per heavy atom. The predicted octanol–water partition coefficient (Wildman–Crippen LogP) is 3.09. The summed E-state index contributed by atoms with van der Waals surface area (Å²) in [4.78, 5) is 30.9. The number of hydrogen-bond donors (Lipinski definition) is 1. The lowest BCUT2D eigenvalue weighted by Gasteiger charge is -2.07. The molecule has 0 unspecified atom stereocenters. The van der Waals surface area contributed by atoms with Crippen LogP contribution in [0.1, 0.15) is 28.0 Å². The summed E-state index contributed by atoms with van der Waals surface area (Å²) >= 11 is 1.53. The predicted molar refractivity (Wildman–Crippen MR) is 101 cm³/mol. The first kappa shape index (κ1) is 17.4. The molecule has 5 nitrogen and oxygen atoms in total. The van der Waals surface area contributed by atoms with E-state index in [9.17, 15) is 9.59 Å². The highest BCUT2D eigenvalue weighted by molar-refractivity contribution is 7.18. The molecule has 1 N–H and O–H groups in total. The van der Waals surface area contributed by atoms with Crippen LogP contribution in [0.5, 0.6) is 0 Å². The maximum atomic E-state index is 12.6. The van der Waals surface area contributed by atoms with Crippen molar-refractivity contribution in [1.29, 1.82) is 0 Å². The first-order valence-electron chi connectivity index (χ1n) is 8.23. The quantitative estimate of drug-likeness (QED) is 0.765. The highest BCUT2D eigenvalue weighted by Crippen LogP contribution is 2.25. The van der Waals surface area contributed by atoms with E-state index < -0.39 is 0 Å². The fraction of sp³-hybridized carbons (Fsp3) is 0.316. The van der Waals surface area contributed by atoms with Crippen LogP contribution in [0.4, 0.5) is 0 Å². The fourth-order valence-corrected chi connectivity index (χ4v) is 3.63. The highest BCUT2D eigenvalue weighted by Gasteiger charge is 2.12. The number of hydrogen-bond acceptors (Lipinski definition) is 4. The second kappa shape index (κ2) is 7.19. The van der Waals surface area contributed by atoms with E-state index in [0.29, 0.717) is 18.5 Å². The van der Waals surface area contributed by atoms with Crippen LogP contribution in [0.15, 0.2) is 35.4 Å². The number of carbonyl (C=O) groups excluding carboxylic acids is 1. The molecule has 3 aromatic rings. The number of aromatic nitrogens is 2. The van der Waals surface area contributed by atoms with E-state index >= 15 is 0 Å². The van der Waals surface area contributed by atoms with Gasteiger partial charge in [0.2, 0.25) is 5.91 Å². The van der Waals surface area contributed by atoms with Crippen molar-refractivity contribution < 1.29 is 4.79 Å². The number of amides is 1. The maximum Gasteiger partial charge on any atom is 0.262 e. The zero-order valence-corrected chi connectivity index (χ0v) is 15.4. The molecule has 0 spiro atoms. The van der Waals surface area contributed by atoms with E-state index in [1.54, 1.807) is 0 Å². The smallest absolute Gasteiger partial charge is 0.262 e. The van der Waals surface area contributed by atoms with E-state index in [2.05, 4.69) is 10.3 Å². The lowest BCUT2D eigenvalue weighted by Crippen LogP contribution is -2.27. The van der Waals surface area contributed by atoms with Crippen molar-refractivity contribution >= 4 is 27.5 Å². The number of fused-ring (bicyclic) bond motifs is 1. The Morgan fingerprint density at radius 2 is 1.92 bits per heavy atom. The monoisotopic (exact) mass is 355 g/mol. The average molecular weight is 355 g/mol. The molecule has 2 aromatic heterocycles. The Labute approximate surface area is 150 Å². The average Bonchev–Trinajstić information content (AvgIpc) is 2.89. The lowest BCUT2D eigenvalue weighted by atomic mass is 10.1. The SMILES string of the molecule is Cc1ccc(CNC(=O)CCn2cnc3sc(C)c(C)c3c2=O)cc1. The minimum absolute atomic E-state index is 0.0711. The molecule has 0 atom stereocenters. The Hall–Kier alpha value is -2.47. The number of benzene rings is 1. The molecule has 0 aliphatic heterocycles. The van der Waals surface area contributed by atoms with Gasteiger partial charge in [0.15, 0.2) is 0 Å². The van der Waals surface area contributed by atoms with Crippen molar-refractivity contribution in [2.24, 2.45) is 0 Å². The molecule has 0 aliphatic carbocycles. The normalized spacial score (nSPS) is 11.0. The van der Waals surface area contributed by atoms with Crippen LogP contribution < -0.4 is 10.9 Å². The zero-order chi connectivity index (χ0) is 18.0. The summed E-state index contributed by atoms with van der Waals surface area (Å²) in [5.74, 6) is -0.0780. The van der Waals surface area contributed by atoms with Gasteiger partial charge in [0, 0.05) is 24.4 Å². The number of rotatable bonds is 5. The van der Waals surface area contributed by atoms with Gasteiger partial charge >= 0.3 is 0 Å². The first-order chi connectivity index (χ1) is 12.0. The van der Waals surface area contributed by atoms with Gasteiger partial charge in [-0.3, -0.25) is 14.2 Å². The van der Waals surface area contributed by atoms with Gasteiger partial charge in [-0.25, -0.2) is 4.98 Å². The molecule has 2 heterocycles. The molecule has 0 saturated heterocycles. The summed E-state index contributed by atoms with van der Waals surface area (Å²) in [7, 11) is 0. The summed E-state index contributed by atoms with van der Waals surface area (Å²) in [6.45, 7) is 6.78. The lowest BCUT2D eigenvalue weighted by molar-refractivity contribution is -0.121. The van der Waals surface area contributed by atoms with Crippen LogP contribution in [0.3, 0.4) is 0 Å². The van der Waals surface area contributed by atoms with Crippen molar-refractivity contribution in [2.75, 3.05) is 0 Å². The number of nitrogens with zero attached hydrogens (tertiary/aromatic N) is 2. The first-order valence-corrected chi connectivity index (χ1v) is 9.04. The van der Waals surface area contributed by atoms with Gasteiger partial charge in [0.05, 0.1) is 11.7 Å². The van der Waals surface area contributed by atoms with Crippen molar-refractivity contribution in [3.63, 3.8) is 0 Å². The van der Waals surface area contributed by atoms with Crippen molar-refractivity contribution in [3.05, 3.63) is 62.5 Å². The molecular formula is C19H21N3O2S. The molecule has 130 valence electrons. The van der Waals surface area contributed by atoms with Gasteiger partial charge in [-0.15, -0.1) is 11.3 Å². The van der Waals surface area contributed by atoms with Crippen LogP contribution in [-0.4, -0.2) is 15.5 Å². The molecular weight excluding hydrogens is 334 g/mol. The van der Waals surface area contributed by atoms with E-state index in [1.807, 2.05) is 45.0 Å². The molecule has 0 aliphatic rings. The summed E-state index contributed by atoms with van der Waals surface area (Å²) < 4.78 is 1.52. The van der Waals surface area contributed by atoms with Gasteiger partial charge < -0.3 is 5.32 Å². The molecule has 3 rings (SSSR count). The molecule has 1 aromatic carbocycles. The molecule has 6 heteroatoms. The second-order valence-electron chi connectivity index (χ2n) is 6.22. The summed E-state index contributed by atoms with van der Waals surface area (Å²) in [6.07, 6.45) is 1.79. The Morgan fingerprint density at radius 1 is 1.20 bits per heavy atom. The van der Waals surface area contributed by atoms with Gasteiger partial charge in [-0.1, -0.05) is 29.8 Å². The summed E-state index contributed by atoms with van der Waals surface area (Å²) in [5.41, 5.74) is 3.16. The van der Waals surface area contributed by atoms with Crippen LogP contribution in [0.2, 0.25) is 0 Å². The molecule has 0 bridgehead atoms.